The lowest BCUT2D eigenvalue weighted by molar-refractivity contribution is 0.987. The Kier molecular flexibility index (Phi) is 3.06. The second-order valence-electron chi connectivity index (χ2n) is 5.01. The number of aryl methyl sites for hydroxylation is 2. The van der Waals surface area contributed by atoms with E-state index in [1.54, 1.807) is 0 Å². The Balaban J connectivity index is 1.64. The van der Waals surface area contributed by atoms with Crippen molar-refractivity contribution in [1.29, 1.82) is 0 Å². The molecule has 0 amide bonds. The predicted octanol–water partition coefficient (Wildman–Crippen LogP) is 5.90. The van der Waals surface area contributed by atoms with Gasteiger partial charge in [-0.25, -0.2) is 0 Å². The van der Waals surface area contributed by atoms with Crippen molar-refractivity contribution in [2.75, 3.05) is 0 Å². The molecule has 2 aromatic carbocycles. The number of thiophene rings is 2. The molecule has 0 atom stereocenters. The van der Waals surface area contributed by atoms with Crippen molar-refractivity contribution in [3.8, 4) is 0 Å². The molecule has 0 aliphatic rings. The third kappa shape index (κ3) is 2.05. The minimum Gasteiger partial charge on any atom is -0.144 e. The van der Waals surface area contributed by atoms with Gasteiger partial charge in [-0.3, -0.25) is 0 Å². The fraction of sp³-hybridized carbons (Fsp3) is 0.111. The second-order valence-corrected chi connectivity index (χ2v) is 6.84. The molecule has 98 valence electrons. The summed E-state index contributed by atoms with van der Waals surface area (Å²) in [5.41, 5.74) is 2.97. The zero-order chi connectivity index (χ0) is 13.4. The van der Waals surface area contributed by atoms with Gasteiger partial charge in [-0.2, -0.15) is 0 Å². The van der Waals surface area contributed by atoms with Crippen LogP contribution in [0.2, 0.25) is 0 Å². The van der Waals surface area contributed by atoms with Gasteiger partial charge in [0.25, 0.3) is 0 Å². The Bertz CT molecular complexity index is 793. The van der Waals surface area contributed by atoms with Crippen LogP contribution in [0.1, 0.15) is 11.1 Å². The van der Waals surface area contributed by atoms with E-state index in [1.807, 2.05) is 22.7 Å². The summed E-state index contributed by atoms with van der Waals surface area (Å²) in [4.78, 5) is 0. The summed E-state index contributed by atoms with van der Waals surface area (Å²) in [5.74, 6) is 0. The van der Waals surface area contributed by atoms with E-state index >= 15 is 0 Å². The molecule has 0 aliphatic heterocycles. The summed E-state index contributed by atoms with van der Waals surface area (Å²) in [5, 5.41) is 7.49. The first kappa shape index (κ1) is 12.1. The second kappa shape index (κ2) is 5.04. The Labute approximate surface area is 126 Å². The van der Waals surface area contributed by atoms with Gasteiger partial charge in [-0.15, -0.1) is 22.7 Å². The number of benzene rings is 2. The summed E-state index contributed by atoms with van der Waals surface area (Å²) >= 11 is 3.71. The summed E-state index contributed by atoms with van der Waals surface area (Å²) < 4.78 is 2.80. The first-order valence-electron chi connectivity index (χ1n) is 6.82. The monoisotopic (exact) mass is 294 g/mol. The van der Waals surface area contributed by atoms with Crippen molar-refractivity contribution in [3.05, 3.63) is 70.4 Å². The van der Waals surface area contributed by atoms with Crippen LogP contribution in [0.5, 0.6) is 0 Å². The lowest BCUT2D eigenvalue weighted by Crippen LogP contribution is -1.88. The van der Waals surface area contributed by atoms with Gasteiger partial charge in [0.05, 0.1) is 0 Å². The first-order chi connectivity index (χ1) is 9.92. The van der Waals surface area contributed by atoms with Crippen LogP contribution in [0.3, 0.4) is 0 Å². The van der Waals surface area contributed by atoms with Gasteiger partial charge in [0.2, 0.25) is 0 Å². The van der Waals surface area contributed by atoms with Crippen LogP contribution in [0.25, 0.3) is 20.2 Å². The third-order valence-corrected chi connectivity index (χ3v) is 5.81. The predicted molar refractivity (Wildman–Crippen MR) is 91.1 cm³/mol. The van der Waals surface area contributed by atoms with Crippen molar-refractivity contribution in [3.63, 3.8) is 0 Å². The van der Waals surface area contributed by atoms with Crippen LogP contribution in [0.4, 0.5) is 0 Å². The van der Waals surface area contributed by atoms with Gasteiger partial charge >= 0.3 is 0 Å². The lowest BCUT2D eigenvalue weighted by Gasteiger charge is -2.00. The molecule has 0 aliphatic carbocycles. The van der Waals surface area contributed by atoms with E-state index in [1.165, 1.54) is 31.3 Å². The van der Waals surface area contributed by atoms with E-state index in [4.69, 9.17) is 0 Å². The van der Waals surface area contributed by atoms with Crippen molar-refractivity contribution in [2.24, 2.45) is 0 Å². The Hall–Kier alpha value is -1.64. The molecular weight excluding hydrogens is 280 g/mol. The molecule has 0 radical (unpaired) electrons. The molecule has 0 saturated carbocycles. The number of hydrogen-bond donors (Lipinski definition) is 0. The average Bonchev–Trinajstić information content (AvgIpc) is 3.09. The normalized spacial score (nSPS) is 11.4. The highest BCUT2D eigenvalue weighted by atomic mass is 32.1. The Morgan fingerprint density at radius 3 is 1.55 bits per heavy atom. The maximum Gasteiger partial charge on any atom is 0.0345 e. The van der Waals surface area contributed by atoms with E-state index in [9.17, 15) is 0 Å². The quantitative estimate of drug-likeness (QED) is 0.441. The SMILES string of the molecule is c1ccc2c(CCc3csc4ccccc34)csc2c1. The van der Waals surface area contributed by atoms with E-state index in [-0.39, 0.29) is 0 Å². The lowest BCUT2D eigenvalue weighted by atomic mass is 10.0. The van der Waals surface area contributed by atoms with Crippen LogP contribution in [0.15, 0.2) is 59.3 Å². The van der Waals surface area contributed by atoms with E-state index in [0.717, 1.165) is 12.8 Å². The number of rotatable bonds is 3. The van der Waals surface area contributed by atoms with Gasteiger partial charge < -0.3 is 0 Å². The summed E-state index contributed by atoms with van der Waals surface area (Å²) in [6.07, 6.45) is 2.26. The number of hydrogen-bond acceptors (Lipinski definition) is 2. The summed E-state index contributed by atoms with van der Waals surface area (Å²) in [7, 11) is 0. The summed E-state index contributed by atoms with van der Waals surface area (Å²) in [6, 6.07) is 17.4. The van der Waals surface area contributed by atoms with Crippen LogP contribution in [-0.2, 0) is 12.8 Å². The Morgan fingerprint density at radius 2 is 1.05 bits per heavy atom. The molecule has 0 spiro atoms. The van der Waals surface area contributed by atoms with Gasteiger partial charge in [0.15, 0.2) is 0 Å². The third-order valence-electron chi connectivity index (χ3n) is 3.79. The van der Waals surface area contributed by atoms with Crippen molar-refractivity contribution >= 4 is 42.8 Å². The summed E-state index contributed by atoms with van der Waals surface area (Å²) in [6.45, 7) is 0. The highest BCUT2D eigenvalue weighted by molar-refractivity contribution is 7.17. The zero-order valence-electron chi connectivity index (χ0n) is 11.0. The average molecular weight is 294 g/mol. The molecule has 4 aromatic rings. The van der Waals surface area contributed by atoms with E-state index in [0.29, 0.717) is 0 Å². The smallest absolute Gasteiger partial charge is 0.0345 e. The first-order valence-corrected chi connectivity index (χ1v) is 8.58. The molecule has 0 saturated heterocycles. The van der Waals surface area contributed by atoms with Crippen molar-refractivity contribution in [2.45, 2.75) is 12.8 Å². The largest absolute Gasteiger partial charge is 0.144 e. The van der Waals surface area contributed by atoms with Crippen LogP contribution in [-0.4, -0.2) is 0 Å². The molecule has 0 bridgehead atoms. The Morgan fingerprint density at radius 1 is 0.600 bits per heavy atom. The zero-order valence-corrected chi connectivity index (χ0v) is 12.6. The molecule has 0 unspecified atom stereocenters. The van der Waals surface area contributed by atoms with Gasteiger partial charge in [-0.05, 0) is 57.6 Å². The molecule has 4 rings (SSSR count). The number of fused-ring (bicyclic) bond motifs is 2. The molecule has 0 nitrogen and oxygen atoms in total. The van der Waals surface area contributed by atoms with Crippen LogP contribution < -0.4 is 0 Å². The van der Waals surface area contributed by atoms with E-state index < -0.39 is 0 Å². The maximum absolute atomic E-state index is 2.32. The molecule has 2 aromatic heterocycles. The maximum atomic E-state index is 2.32. The fourth-order valence-electron chi connectivity index (χ4n) is 2.72. The van der Waals surface area contributed by atoms with Crippen molar-refractivity contribution in [1.82, 2.24) is 0 Å². The van der Waals surface area contributed by atoms with E-state index in [2.05, 4.69) is 59.3 Å². The van der Waals surface area contributed by atoms with Crippen molar-refractivity contribution < 1.29 is 0 Å². The minimum atomic E-state index is 1.13. The van der Waals surface area contributed by atoms with Crippen LogP contribution in [0, 0.1) is 0 Å². The molecule has 0 N–H and O–H groups in total. The van der Waals surface area contributed by atoms with Gasteiger partial charge in [0.1, 0.15) is 0 Å². The van der Waals surface area contributed by atoms with Gasteiger partial charge in [0, 0.05) is 9.40 Å². The van der Waals surface area contributed by atoms with Crippen LogP contribution >= 0.6 is 22.7 Å². The standard InChI is InChI=1S/C18H14S2/c1-3-7-17-15(5-1)13(11-19-17)9-10-14-12-20-18-8-4-2-6-16(14)18/h1-8,11-12H,9-10H2. The highest BCUT2D eigenvalue weighted by Gasteiger charge is 2.06. The molecular formula is C18H14S2. The van der Waals surface area contributed by atoms with Gasteiger partial charge in [-0.1, -0.05) is 36.4 Å². The molecule has 2 heteroatoms. The highest BCUT2D eigenvalue weighted by Crippen LogP contribution is 2.29. The minimum absolute atomic E-state index is 1.13. The molecule has 2 heterocycles. The topological polar surface area (TPSA) is 0 Å². The molecule has 0 fully saturated rings. The molecule has 20 heavy (non-hydrogen) atoms. The fourth-order valence-corrected chi connectivity index (χ4v) is 4.72.